The van der Waals surface area contributed by atoms with Crippen LogP contribution in [0.2, 0.25) is 0 Å². The molecule has 0 aliphatic carbocycles. The zero-order chi connectivity index (χ0) is 16.0. The highest BCUT2D eigenvalue weighted by molar-refractivity contribution is 5.93. The SMILES string of the molecule is COc1cc(OCCC(=O)OC(C)(C)C)cc(C(N)=O)c1. The molecule has 1 aromatic rings. The molecule has 1 amide bonds. The van der Waals surface area contributed by atoms with Crippen LogP contribution in [0.5, 0.6) is 11.5 Å². The Morgan fingerprint density at radius 1 is 1.14 bits per heavy atom. The van der Waals surface area contributed by atoms with E-state index in [9.17, 15) is 9.59 Å². The number of esters is 1. The van der Waals surface area contributed by atoms with E-state index in [2.05, 4.69) is 0 Å². The molecule has 0 bridgehead atoms. The van der Waals surface area contributed by atoms with Gasteiger partial charge in [-0.25, -0.2) is 0 Å². The van der Waals surface area contributed by atoms with Gasteiger partial charge in [0, 0.05) is 11.6 Å². The number of hydrogen-bond acceptors (Lipinski definition) is 5. The molecule has 0 saturated heterocycles. The molecule has 0 saturated carbocycles. The number of amides is 1. The van der Waals surface area contributed by atoms with E-state index in [1.54, 1.807) is 26.8 Å². The fourth-order valence-corrected chi connectivity index (χ4v) is 1.56. The molecular formula is C15H21NO5. The highest BCUT2D eigenvalue weighted by Crippen LogP contribution is 2.22. The van der Waals surface area contributed by atoms with Gasteiger partial charge in [-0.3, -0.25) is 9.59 Å². The van der Waals surface area contributed by atoms with E-state index in [0.29, 0.717) is 11.5 Å². The third-order valence-electron chi connectivity index (χ3n) is 2.40. The second-order valence-corrected chi connectivity index (χ2v) is 5.45. The van der Waals surface area contributed by atoms with Gasteiger partial charge in [0.15, 0.2) is 0 Å². The van der Waals surface area contributed by atoms with E-state index < -0.39 is 11.5 Å². The second kappa shape index (κ2) is 6.97. The molecule has 6 heteroatoms. The minimum absolute atomic E-state index is 0.111. The van der Waals surface area contributed by atoms with Gasteiger partial charge in [-0.1, -0.05) is 0 Å². The number of primary amides is 1. The fourth-order valence-electron chi connectivity index (χ4n) is 1.56. The Bertz CT molecular complexity index is 519. The minimum Gasteiger partial charge on any atom is -0.497 e. The predicted molar refractivity (Wildman–Crippen MR) is 77.5 cm³/mol. The molecule has 0 aromatic heterocycles. The molecule has 0 aliphatic heterocycles. The summed E-state index contributed by atoms with van der Waals surface area (Å²) in [6.45, 7) is 5.53. The summed E-state index contributed by atoms with van der Waals surface area (Å²) in [4.78, 5) is 22.7. The van der Waals surface area contributed by atoms with Crippen molar-refractivity contribution < 1.29 is 23.8 Å². The van der Waals surface area contributed by atoms with Gasteiger partial charge in [0.25, 0.3) is 0 Å². The van der Waals surface area contributed by atoms with Crippen molar-refractivity contribution in [3.8, 4) is 11.5 Å². The minimum atomic E-state index is -0.578. The standard InChI is InChI=1S/C15H21NO5/c1-15(2,3)21-13(17)5-6-20-12-8-10(14(16)18)7-11(9-12)19-4/h7-9H,5-6H2,1-4H3,(H2,16,18). The normalized spacial score (nSPS) is 10.9. The molecule has 0 radical (unpaired) electrons. The first kappa shape index (κ1) is 16.8. The number of carbonyl (C=O) groups excluding carboxylic acids is 2. The van der Waals surface area contributed by atoms with Crippen LogP contribution in [0, 0.1) is 0 Å². The van der Waals surface area contributed by atoms with Crippen LogP contribution in [-0.2, 0) is 9.53 Å². The van der Waals surface area contributed by atoms with Gasteiger partial charge in [0.05, 0.1) is 20.1 Å². The Balaban J connectivity index is 2.61. The number of methoxy groups -OCH3 is 1. The highest BCUT2D eigenvalue weighted by atomic mass is 16.6. The van der Waals surface area contributed by atoms with E-state index in [-0.39, 0.29) is 24.6 Å². The van der Waals surface area contributed by atoms with Crippen molar-refractivity contribution in [2.45, 2.75) is 32.8 Å². The highest BCUT2D eigenvalue weighted by Gasteiger charge is 2.16. The first-order valence-electron chi connectivity index (χ1n) is 6.55. The summed E-state index contributed by atoms with van der Waals surface area (Å²) in [6.07, 6.45) is 0.111. The van der Waals surface area contributed by atoms with E-state index in [1.807, 2.05) is 0 Å². The van der Waals surface area contributed by atoms with E-state index in [0.717, 1.165) is 0 Å². The zero-order valence-electron chi connectivity index (χ0n) is 12.8. The molecule has 21 heavy (non-hydrogen) atoms. The average Bonchev–Trinajstić information content (AvgIpc) is 2.36. The third-order valence-corrected chi connectivity index (χ3v) is 2.40. The first-order valence-corrected chi connectivity index (χ1v) is 6.55. The fraction of sp³-hybridized carbons (Fsp3) is 0.467. The summed E-state index contributed by atoms with van der Waals surface area (Å²) >= 11 is 0. The maximum Gasteiger partial charge on any atom is 0.309 e. The van der Waals surface area contributed by atoms with E-state index >= 15 is 0 Å². The maximum absolute atomic E-state index is 11.5. The zero-order valence-corrected chi connectivity index (χ0v) is 12.8. The van der Waals surface area contributed by atoms with Crippen molar-refractivity contribution in [2.24, 2.45) is 5.73 Å². The smallest absolute Gasteiger partial charge is 0.309 e. The lowest BCUT2D eigenvalue weighted by Crippen LogP contribution is -2.24. The molecule has 0 atom stereocenters. The largest absolute Gasteiger partial charge is 0.497 e. The molecule has 1 aromatic carbocycles. The maximum atomic E-state index is 11.5. The van der Waals surface area contributed by atoms with Gasteiger partial charge in [-0.2, -0.15) is 0 Å². The number of ether oxygens (including phenoxy) is 3. The molecule has 0 heterocycles. The van der Waals surface area contributed by atoms with Crippen LogP contribution >= 0.6 is 0 Å². The number of rotatable bonds is 6. The van der Waals surface area contributed by atoms with Crippen LogP contribution in [0.15, 0.2) is 18.2 Å². The number of hydrogen-bond donors (Lipinski definition) is 1. The van der Waals surface area contributed by atoms with Crippen LogP contribution in [0.25, 0.3) is 0 Å². The van der Waals surface area contributed by atoms with Crippen LogP contribution in [-0.4, -0.2) is 31.2 Å². The molecule has 2 N–H and O–H groups in total. The molecule has 0 spiro atoms. The number of nitrogens with two attached hydrogens (primary N) is 1. The predicted octanol–water partition coefficient (Wildman–Crippen LogP) is 1.90. The van der Waals surface area contributed by atoms with Gasteiger partial charge in [0.2, 0.25) is 5.91 Å². The Labute approximate surface area is 124 Å². The van der Waals surface area contributed by atoms with Gasteiger partial charge in [-0.05, 0) is 32.9 Å². The van der Waals surface area contributed by atoms with Crippen molar-refractivity contribution in [3.05, 3.63) is 23.8 Å². The Kier molecular flexibility index (Phi) is 5.58. The van der Waals surface area contributed by atoms with E-state index in [1.165, 1.54) is 19.2 Å². The number of carbonyl (C=O) groups is 2. The van der Waals surface area contributed by atoms with E-state index in [4.69, 9.17) is 19.9 Å². The first-order chi connectivity index (χ1) is 9.71. The van der Waals surface area contributed by atoms with Crippen LogP contribution in [0.1, 0.15) is 37.6 Å². The van der Waals surface area contributed by atoms with Gasteiger partial charge in [-0.15, -0.1) is 0 Å². The van der Waals surface area contributed by atoms with Gasteiger partial charge >= 0.3 is 5.97 Å². The van der Waals surface area contributed by atoms with Gasteiger partial charge in [0.1, 0.15) is 17.1 Å². The lowest BCUT2D eigenvalue weighted by atomic mass is 10.2. The second-order valence-electron chi connectivity index (χ2n) is 5.45. The van der Waals surface area contributed by atoms with Crippen molar-refractivity contribution in [1.82, 2.24) is 0 Å². The van der Waals surface area contributed by atoms with Crippen molar-refractivity contribution in [3.63, 3.8) is 0 Å². The van der Waals surface area contributed by atoms with Crippen molar-refractivity contribution in [1.29, 1.82) is 0 Å². The third kappa shape index (κ3) is 6.16. The summed E-state index contributed by atoms with van der Waals surface area (Å²) in [5, 5.41) is 0. The summed E-state index contributed by atoms with van der Waals surface area (Å²) in [7, 11) is 1.48. The molecule has 116 valence electrons. The summed E-state index contributed by atoms with van der Waals surface area (Å²) in [6, 6.07) is 4.63. The molecule has 1 rings (SSSR count). The molecule has 0 unspecified atom stereocenters. The summed E-state index contributed by atoms with van der Waals surface area (Å²) in [5.41, 5.74) is 4.99. The van der Waals surface area contributed by atoms with Crippen LogP contribution in [0.4, 0.5) is 0 Å². The summed E-state index contributed by atoms with van der Waals surface area (Å²) < 4.78 is 15.7. The summed E-state index contributed by atoms with van der Waals surface area (Å²) in [5.74, 6) is -0.0586. The Hall–Kier alpha value is -2.24. The topological polar surface area (TPSA) is 87.8 Å². The van der Waals surface area contributed by atoms with Crippen LogP contribution in [0.3, 0.4) is 0 Å². The van der Waals surface area contributed by atoms with Crippen LogP contribution < -0.4 is 15.2 Å². The monoisotopic (exact) mass is 295 g/mol. The Morgan fingerprint density at radius 3 is 2.29 bits per heavy atom. The molecule has 0 fully saturated rings. The molecular weight excluding hydrogens is 274 g/mol. The van der Waals surface area contributed by atoms with Crippen molar-refractivity contribution in [2.75, 3.05) is 13.7 Å². The lowest BCUT2D eigenvalue weighted by molar-refractivity contribution is -0.155. The van der Waals surface area contributed by atoms with Crippen molar-refractivity contribution >= 4 is 11.9 Å². The Morgan fingerprint density at radius 2 is 1.76 bits per heavy atom. The molecule has 0 aliphatic rings. The number of benzene rings is 1. The quantitative estimate of drug-likeness (QED) is 0.810. The molecule has 6 nitrogen and oxygen atoms in total. The van der Waals surface area contributed by atoms with Gasteiger partial charge < -0.3 is 19.9 Å². The average molecular weight is 295 g/mol. The lowest BCUT2D eigenvalue weighted by Gasteiger charge is -2.19.